The molecule has 7 heteroatoms. The molecule has 3 atom stereocenters. The van der Waals surface area contributed by atoms with E-state index >= 15 is 0 Å². The fourth-order valence-corrected chi connectivity index (χ4v) is 2.40. The summed E-state index contributed by atoms with van der Waals surface area (Å²) in [6.07, 6.45) is 2.98. The number of hydrogen-bond acceptors (Lipinski definition) is 4. The lowest BCUT2D eigenvalue weighted by Crippen LogP contribution is -2.45. The molecule has 1 aliphatic carbocycles. The van der Waals surface area contributed by atoms with Gasteiger partial charge in [0.05, 0.1) is 12.1 Å². The van der Waals surface area contributed by atoms with Gasteiger partial charge in [0.15, 0.2) is 6.61 Å². The zero-order chi connectivity index (χ0) is 18.4. The zero-order valence-electron chi connectivity index (χ0n) is 15.7. The maximum Gasteiger partial charge on any atom is 0.258 e. The topological polar surface area (TPSA) is 93.5 Å². The highest BCUT2D eigenvalue weighted by atomic mass is 35.5. The number of amides is 2. The minimum Gasteiger partial charge on any atom is -0.484 e. The first-order valence-corrected chi connectivity index (χ1v) is 8.98. The SMILES string of the molecule is CCC(C)C(N)C(=O)NC(C)c1ccc(OCC(=O)NC2CC2)cc1.Cl. The molecular formula is C19H30ClN3O3. The second-order valence-corrected chi connectivity index (χ2v) is 6.84. The van der Waals surface area contributed by atoms with Crippen molar-refractivity contribution in [3.05, 3.63) is 29.8 Å². The van der Waals surface area contributed by atoms with Crippen LogP contribution in [-0.2, 0) is 9.59 Å². The Kier molecular flexibility index (Phi) is 8.88. The fraction of sp³-hybridized carbons (Fsp3) is 0.579. The second-order valence-electron chi connectivity index (χ2n) is 6.84. The van der Waals surface area contributed by atoms with E-state index < -0.39 is 6.04 Å². The molecule has 4 N–H and O–H groups in total. The average Bonchev–Trinajstić information content (AvgIpc) is 3.42. The van der Waals surface area contributed by atoms with E-state index in [9.17, 15) is 9.59 Å². The Labute approximate surface area is 161 Å². The van der Waals surface area contributed by atoms with Crippen molar-refractivity contribution in [1.29, 1.82) is 0 Å². The molecule has 0 aromatic heterocycles. The van der Waals surface area contributed by atoms with Crippen molar-refractivity contribution >= 4 is 24.2 Å². The third-order valence-electron chi connectivity index (χ3n) is 4.61. The summed E-state index contributed by atoms with van der Waals surface area (Å²) in [6.45, 7) is 5.93. The van der Waals surface area contributed by atoms with E-state index in [-0.39, 0.29) is 42.8 Å². The quantitative estimate of drug-likeness (QED) is 0.610. The molecule has 26 heavy (non-hydrogen) atoms. The highest BCUT2D eigenvalue weighted by Gasteiger charge is 2.23. The van der Waals surface area contributed by atoms with Crippen LogP contribution in [0.15, 0.2) is 24.3 Å². The Bertz CT molecular complexity index is 590. The van der Waals surface area contributed by atoms with Crippen molar-refractivity contribution in [2.75, 3.05) is 6.61 Å². The monoisotopic (exact) mass is 383 g/mol. The molecule has 0 aliphatic heterocycles. The Morgan fingerprint density at radius 3 is 2.38 bits per heavy atom. The normalized spacial score (nSPS) is 16.6. The first kappa shape index (κ1) is 22.3. The summed E-state index contributed by atoms with van der Waals surface area (Å²) in [5.74, 6) is 0.541. The van der Waals surface area contributed by atoms with Gasteiger partial charge in [0.2, 0.25) is 5.91 Å². The van der Waals surface area contributed by atoms with Gasteiger partial charge in [-0.1, -0.05) is 32.4 Å². The summed E-state index contributed by atoms with van der Waals surface area (Å²) in [4.78, 5) is 23.8. The number of nitrogens with one attached hydrogen (secondary N) is 2. The van der Waals surface area contributed by atoms with E-state index in [1.54, 1.807) is 12.1 Å². The molecule has 1 aliphatic rings. The fourth-order valence-electron chi connectivity index (χ4n) is 2.40. The van der Waals surface area contributed by atoms with Crippen LogP contribution in [0.1, 0.15) is 51.6 Å². The van der Waals surface area contributed by atoms with Crippen LogP contribution in [0.4, 0.5) is 0 Å². The van der Waals surface area contributed by atoms with Crippen molar-refractivity contribution in [2.45, 2.75) is 58.2 Å². The van der Waals surface area contributed by atoms with E-state index in [0.717, 1.165) is 24.8 Å². The number of halogens is 1. The highest BCUT2D eigenvalue weighted by Crippen LogP contribution is 2.20. The summed E-state index contributed by atoms with van der Waals surface area (Å²) in [5, 5.41) is 5.82. The van der Waals surface area contributed by atoms with Gasteiger partial charge in [0, 0.05) is 6.04 Å². The van der Waals surface area contributed by atoms with E-state index in [1.165, 1.54) is 0 Å². The maximum absolute atomic E-state index is 12.2. The van der Waals surface area contributed by atoms with Crippen LogP contribution >= 0.6 is 12.4 Å². The van der Waals surface area contributed by atoms with Gasteiger partial charge >= 0.3 is 0 Å². The van der Waals surface area contributed by atoms with Crippen LogP contribution in [-0.4, -0.2) is 30.5 Å². The summed E-state index contributed by atoms with van der Waals surface area (Å²) in [5.41, 5.74) is 6.92. The smallest absolute Gasteiger partial charge is 0.258 e. The molecule has 2 amide bonds. The Morgan fingerprint density at radius 1 is 1.23 bits per heavy atom. The van der Waals surface area contributed by atoms with Gasteiger partial charge < -0.3 is 21.1 Å². The highest BCUT2D eigenvalue weighted by molar-refractivity contribution is 5.85. The zero-order valence-corrected chi connectivity index (χ0v) is 16.5. The van der Waals surface area contributed by atoms with Crippen LogP contribution in [0.2, 0.25) is 0 Å². The van der Waals surface area contributed by atoms with E-state index in [0.29, 0.717) is 11.8 Å². The molecule has 1 fully saturated rings. The van der Waals surface area contributed by atoms with Crippen molar-refractivity contribution in [1.82, 2.24) is 10.6 Å². The number of benzene rings is 1. The number of carbonyl (C=O) groups excluding carboxylic acids is 2. The van der Waals surface area contributed by atoms with Crippen molar-refractivity contribution in [2.24, 2.45) is 11.7 Å². The molecule has 0 bridgehead atoms. The molecule has 146 valence electrons. The molecule has 1 aromatic carbocycles. The van der Waals surface area contributed by atoms with E-state index in [1.807, 2.05) is 32.9 Å². The van der Waals surface area contributed by atoms with Gasteiger partial charge in [-0.3, -0.25) is 9.59 Å². The van der Waals surface area contributed by atoms with Crippen LogP contribution in [0, 0.1) is 5.92 Å². The average molecular weight is 384 g/mol. The molecule has 2 rings (SSSR count). The molecule has 1 saturated carbocycles. The lowest BCUT2D eigenvalue weighted by atomic mass is 9.98. The van der Waals surface area contributed by atoms with E-state index in [4.69, 9.17) is 10.5 Å². The van der Waals surface area contributed by atoms with Crippen molar-refractivity contribution in [3.8, 4) is 5.75 Å². The molecule has 0 saturated heterocycles. The second kappa shape index (κ2) is 10.4. The van der Waals surface area contributed by atoms with Gasteiger partial charge in [0.25, 0.3) is 5.91 Å². The lowest BCUT2D eigenvalue weighted by molar-refractivity contribution is -0.124. The minimum absolute atomic E-state index is 0. The molecule has 0 spiro atoms. The van der Waals surface area contributed by atoms with Gasteiger partial charge in [0.1, 0.15) is 5.75 Å². The van der Waals surface area contributed by atoms with Gasteiger partial charge in [-0.25, -0.2) is 0 Å². The predicted octanol–water partition coefficient (Wildman–Crippen LogP) is 2.32. The first-order chi connectivity index (χ1) is 11.9. The number of hydrogen-bond donors (Lipinski definition) is 3. The van der Waals surface area contributed by atoms with Gasteiger partial charge in [-0.15, -0.1) is 12.4 Å². The third kappa shape index (κ3) is 6.84. The molecule has 1 aromatic rings. The van der Waals surface area contributed by atoms with Crippen molar-refractivity contribution in [3.63, 3.8) is 0 Å². The number of nitrogens with two attached hydrogens (primary N) is 1. The molecule has 3 unspecified atom stereocenters. The minimum atomic E-state index is -0.500. The summed E-state index contributed by atoms with van der Waals surface area (Å²) < 4.78 is 5.48. The van der Waals surface area contributed by atoms with Crippen LogP contribution in [0.3, 0.4) is 0 Å². The largest absolute Gasteiger partial charge is 0.484 e. The number of ether oxygens (including phenoxy) is 1. The van der Waals surface area contributed by atoms with Crippen LogP contribution in [0.25, 0.3) is 0 Å². The standard InChI is InChI=1S/C19H29N3O3.ClH/c1-4-12(2)18(20)19(24)21-13(3)14-5-9-16(10-6-14)25-11-17(23)22-15-7-8-15;/h5-6,9-10,12-13,15,18H,4,7-8,11,20H2,1-3H3,(H,21,24)(H,22,23);1H. The van der Waals surface area contributed by atoms with Gasteiger partial charge in [-0.05, 0) is 43.4 Å². The number of rotatable bonds is 9. The van der Waals surface area contributed by atoms with Gasteiger partial charge in [-0.2, -0.15) is 0 Å². The lowest BCUT2D eigenvalue weighted by Gasteiger charge is -2.21. The molecule has 0 heterocycles. The van der Waals surface area contributed by atoms with E-state index in [2.05, 4.69) is 10.6 Å². The molecule has 0 radical (unpaired) electrons. The van der Waals surface area contributed by atoms with Crippen LogP contribution < -0.4 is 21.1 Å². The van der Waals surface area contributed by atoms with Crippen molar-refractivity contribution < 1.29 is 14.3 Å². The summed E-state index contributed by atoms with van der Waals surface area (Å²) in [6, 6.07) is 7.06. The Balaban J connectivity index is 0.00000338. The van der Waals surface area contributed by atoms with Crippen LogP contribution in [0.5, 0.6) is 5.75 Å². The number of carbonyl (C=O) groups is 2. The molecular weight excluding hydrogens is 354 g/mol. The maximum atomic E-state index is 12.2. The first-order valence-electron chi connectivity index (χ1n) is 8.98. The Morgan fingerprint density at radius 2 is 1.85 bits per heavy atom. The predicted molar refractivity (Wildman–Crippen MR) is 104 cm³/mol. The summed E-state index contributed by atoms with van der Waals surface area (Å²) in [7, 11) is 0. The summed E-state index contributed by atoms with van der Waals surface area (Å²) >= 11 is 0. The Hall–Kier alpha value is -1.79. The third-order valence-corrected chi connectivity index (χ3v) is 4.61. The molecule has 6 nitrogen and oxygen atoms in total.